The summed E-state index contributed by atoms with van der Waals surface area (Å²) in [5.41, 5.74) is 1.09. The third-order valence-corrected chi connectivity index (χ3v) is 9.74. The second-order valence-corrected chi connectivity index (χ2v) is 12.0. The molecule has 3 aliphatic rings. The van der Waals surface area contributed by atoms with Gasteiger partial charge in [-0.2, -0.15) is 0 Å². The number of rotatable bonds is 5. The van der Waals surface area contributed by atoms with Gasteiger partial charge in [0.2, 0.25) is 10.0 Å². The lowest BCUT2D eigenvalue weighted by molar-refractivity contribution is 0.162. The van der Waals surface area contributed by atoms with E-state index in [1.807, 2.05) is 19.1 Å². The molecular formula is C24H31N3O3S. The smallest absolute Gasteiger partial charge is 0.273 e. The monoisotopic (exact) mass is 441 g/mol. The number of hydrogen-bond acceptors (Lipinski definition) is 4. The second-order valence-electron chi connectivity index (χ2n) is 9.80. The highest BCUT2D eigenvalue weighted by Gasteiger charge is 2.48. The van der Waals surface area contributed by atoms with Crippen LogP contribution in [0.5, 0.6) is 0 Å². The number of H-pyrrole nitrogens is 1. The van der Waals surface area contributed by atoms with Gasteiger partial charge in [0.25, 0.3) is 5.56 Å². The molecule has 3 heterocycles. The van der Waals surface area contributed by atoms with Gasteiger partial charge in [-0.05, 0) is 68.7 Å². The molecule has 1 saturated carbocycles. The molecular weight excluding hydrogens is 410 g/mol. The number of aromatic amines is 1. The molecule has 2 fully saturated rings. The first-order valence-corrected chi connectivity index (χ1v) is 12.8. The molecule has 31 heavy (non-hydrogen) atoms. The average Bonchev–Trinajstić information content (AvgIpc) is 3.48. The summed E-state index contributed by atoms with van der Waals surface area (Å²) in [4.78, 5) is 17.5. The quantitative estimate of drug-likeness (QED) is 0.770. The first-order valence-electron chi connectivity index (χ1n) is 11.4. The Morgan fingerprint density at radius 2 is 2.03 bits per heavy atom. The van der Waals surface area contributed by atoms with Crippen LogP contribution >= 0.6 is 0 Å². The van der Waals surface area contributed by atoms with Crippen molar-refractivity contribution in [1.29, 1.82) is 0 Å². The Morgan fingerprint density at radius 3 is 2.77 bits per heavy atom. The van der Waals surface area contributed by atoms with Crippen molar-refractivity contribution in [2.75, 3.05) is 19.6 Å². The molecule has 1 aliphatic heterocycles. The Labute approximate surface area is 183 Å². The molecule has 1 saturated heterocycles. The van der Waals surface area contributed by atoms with Crippen molar-refractivity contribution >= 4 is 20.9 Å². The number of pyridine rings is 1. The highest BCUT2D eigenvalue weighted by molar-refractivity contribution is 7.91. The summed E-state index contributed by atoms with van der Waals surface area (Å²) in [6.07, 6.45) is 13.9. The van der Waals surface area contributed by atoms with Crippen LogP contribution in [0.15, 0.2) is 53.1 Å². The Hall–Kier alpha value is -2.12. The molecule has 0 amide bonds. The normalized spacial score (nSPS) is 29.9. The van der Waals surface area contributed by atoms with Gasteiger partial charge < -0.3 is 9.88 Å². The van der Waals surface area contributed by atoms with Gasteiger partial charge in [-0.3, -0.25) is 4.79 Å². The van der Waals surface area contributed by atoms with Gasteiger partial charge in [-0.15, -0.1) is 0 Å². The molecule has 2 aromatic rings. The number of piperidine rings is 1. The molecule has 2 unspecified atom stereocenters. The maximum Gasteiger partial charge on any atom is 0.273 e. The zero-order chi connectivity index (χ0) is 21.8. The van der Waals surface area contributed by atoms with Gasteiger partial charge in [0.05, 0.1) is 0 Å². The molecule has 7 heteroatoms. The van der Waals surface area contributed by atoms with Gasteiger partial charge >= 0.3 is 0 Å². The summed E-state index contributed by atoms with van der Waals surface area (Å²) in [6, 6.07) is 3.43. The van der Waals surface area contributed by atoms with Gasteiger partial charge in [0.1, 0.15) is 10.3 Å². The second kappa shape index (κ2) is 7.48. The van der Waals surface area contributed by atoms with Crippen LogP contribution in [0.1, 0.15) is 39.5 Å². The van der Waals surface area contributed by atoms with Crippen molar-refractivity contribution in [2.24, 2.45) is 17.8 Å². The van der Waals surface area contributed by atoms with Gasteiger partial charge in [0.15, 0.2) is 0 Å². The fourth-order valence-corrected chi connectivity index (χ4v) is 7.09. The third kappa shape index (κ3) is 3.52. The number of nitrogens with zero attached hydrogens (tertiary/aromatic N) is 2. The van der Waals surface area contributed by atoms with E-state index in [1.54, 1.807) is 18.3 Å². The van der Waals surface area contributed by atoms with Crippen LogP contribution in [-0.4, -0.2) is 46.7 Å². The molecule has 1 N–H and O–H groups in total. The van der Waals surface area contributed by atoms with E-state index in [1.165, 1.54) is 35.0 Å². The standard InChI is InChI=1S/C24H31N3O3S/c1-17-4-3-12-26(15-17)16-21-14-20(18-5-6-18)7-10-24(21,2)31(29,30)27-13-9-19-8-11-25-23(28)22(19)27/h7-11,13-14,17-18,21H,3-6,12,15-16H2,1-2H3,(H,25,28)/t17?,21?,24-/m0/s1. The van der Waals surface area contributed by atoms with Gasteiger partial charge in [0, 0.05) is 36.8 Å². The average molecular weight is 442 g/mol. The summed E-state index contributed by atoms with van der Waals surface area (Å²) in [5, 5.41) is 0.631. The number of fused-ring (bicyclic) bond motifs is 1. The Balaban J connectivity index is 1.57. The molecule has 6 nitrogen and oxygen atoms in total. The number of likely N-dealkylation sites (tertiary alicyclic amines) is 1. The number of aromatic nitrogens is 2. The van der Waals surface area contributed by atoms with Gasteiger partial charge in [-0.25, -0.2) is 12.4 Å². The predicted molar refractivity (Wildman–Crippen MR) is 124 cm³/mol. The van der Waals surface area contributed by atoms with E-state index >= 15 is 0 Å². The van der Waals surface area contributed by atoms with E-state index in [4.69, 9.17) is 0 Å². The zero-order valence-corrected chi connectivity index (χ0v) is 19.1. The van der Waals surface area contributed by atoms with Crippen molar-refractivity contribution in [1.82, 2.24) is 13.9 Å². The molecule has 0 radical (unpaired) electrons. The molecule has 0 bridgehead atoms. The molecule has 3 atom stereocenters. The van der Waals surface area contributed by atoms with Crippen molar-refractivity contribution in [3.63, 3.8) is 0 Å². The van der Waals surface area contributed by atoms with E-state index in [0.717, 1.165) is 26.1 Å². The van der Waals surface area contributed by atoms with Crippen molar-refractivity contribution in [3.8, 4) is 0 Å². The highest BCUT2D eigenvalue weighted by atomic mass is 32.2. The molecule has 166 valence electrons. The van der Waals surface area contributed by atoms with Crippen molar-refractivity contribution in [2.45, 2.75) is 44.3 Å². The first-order chi connectivity index (χ1) is 14.8. The van der Waals surface area contributed by atoms with Crippen LogP contribution in [0.2, 0.25) is 0 Å². The summed E-state index contributed by atoms with van der Waals surface area (Å²) in [7, 11) is -3.87. The minimum absolute atomic E-state index is 0.163. The predicted octanol–water partition coefficient (Wildman–Crippen LogP) is 3.52. The van der Waals surface area contributed by atoms with Gasteiger partial charge in [-0.1, -0.05) is 25.2 Å². The van der Waals surface area contributed by atoms with E-state index in [0.29, 0.717) is 17.2 Å². The molecule has 2 aliphatic carbocycles. The van der Waals surface area contributed by atoms with E-state index in [2.05, 4.69) is 22.9 Å². The summed E-state index contributed by atoms with van der Waals surface area (Å²) in [6.45, 7) is 6.83. The minimum Gasteiger partial charge on any atom is -0.327 e. The van der Waals surface area contributed by atoms with Crippen molar-refractivity contribution in [3.05, 3.63) is 58.7 Å². The fraction of sp³-hybridized carbons (Fsp3) is 0.542. The first kappa shape index (κ1) is 20.8. The molecule has 2 aromatic heterocycles. The minimum atomic E-state index is -3.87. The summed E-state index contributed by atoms with van der Waals surface area (Å²) < 4.78 is 28.2. The van der Waals surface area contributed by atoms with Crippen LogP contribution in [0.25, 0.3) is 10.9 Å². The van der Waals surface area contributed by atoms with Crippen molar-refractivity contribution < 1.29 is 8.42 Å². The number of allylic oxidation sites excluding steroid dienone is 2. The van der Waals surface area contributed by atoms with Crippen LogP contribution in [-0.2, 0) is 10.0 Å². The largest absolute Gasteiger partial charge is 0.327 e. The number of hydrogen-bond donors (Lipinski definition) is 1. The fourth-order valence-electron chi connectivity index (χ4n) is 5.25. The zero-order valence-electron chi connectivity index (χ0n) is 18.3. The maximum absolute atomic E-state index is 14.1. The van der Waals surface area contributed by atoms with Crippen LogP contribution in [0.3, 0.4) is 0 Å². The lowest BCUT2D eigenvalue weighted by Gasteiger charge is -2.40. The number of nitrogens with one attached hydrogen (secondary N) is 1. The highest BCUT2D eigenvalue weighted by Crippen LogP contribution is 2.44. The lowest BCUT2D eigenvalue weighted by atomic mass is 9.84. The third-order valence-electron chi connectivity index (χ3n) is 7.37. The lowest BCUT2D eigenvalue weighted by Crippen LogP contribution is -2.50. The van der Waals surface area contributed by atoms with Crippen LogP contribution in [0, 0.1) is 17.8 Å². The molecule has 5 rings (SSSR count). The molecule has 0 aromatic carbocycles. The SMILES string of the molecule is CC1CCCN(CC2C=C(C3CC3)C=C[C@]2(C)S(=O)(=O)n2ccc3cc[nH]c(=O)c32)C1. The van der Waals surface area contributed by atoms with E-state index in [9.17, 15) is 13.2 Å². The van der Waals surface area contributed by atoms with Crippen LogP contribution < -0.4 is 5.56 Å². The topological polar surface area (TPSA) is 75.2 Å². The summed E-state index contributed by atoms with van der Waals surface area (Å²) in [5.74, 6) is 1.04. The van der Waals surface area contributed by atoms with E-state index in [-0.39, 0.29) is 17.0 Å². The summed E-state index contributed by atoms with van der Waals surface area (Å²) >= 11 is 0. The Kier molecular flexibility index (Phi) is 5.01. The molecule has 0 spiro atoms. The van der Waals surface area contributed by atoms with E-state index < -0.39 is 14.8 Å². The van der Waals surface area contributed by atoms with Crippen LogP contribution in [0.4, 0.5) is 0 Å². The Bertz CT molecular complexity index is 1220. The Morgan fingerprint density at radius 1 is 1.23 bits per heavy atom. The maximum atomic E-state index is 14.1.